The van der Waals surface area contributed by atoms with Gasteiger partial charge < -0.3 is 10.1 Å². The number of amides is 1. The van der Waals surface area contributed by atoms with E-state index in [9.17, 15) is 10.1 Å². The number of nitrogens with zero attached hydrogens (tertiary/aromatic N) is 1. The normalized spacial score (nSPS) is 11.1. The van der Waals surface area contributed by atoms with Crippen molar-refractivity contribution in [3.63, 3.8) is 0 Å². The Hall–Kier alpha value is -1.76. The first-order chi connectivity index (χ1) is 15.3. The van der Waals surface area contributed by atoms with Crippen molar-refractivity contribution in [2.45, 2.75) is 6.61 Å². The summed E-state index contributed by atoms with van der Waals surface area (Å²) in [5.74, 6) is 0.0669. The van der Waals surface area contributed by atoms with Crippen molar-refractivity contribution in [1.29, 1.82) is 5.26 Å². The Morgan fingerprint density at radius 2 is 1.88 bits per heavy atom. The third kappa shape index (κ3) is 6.40. The molecule has 9 heteroatoms. The summed E-state index contributed by atoms with van der Waals surface area (Å²) in [6.07, 6.45) is 1.49. The Balaban J connectivity index is 1.78. The van der Waals surface area contributed by atoms with Crippen LogP contribution in [0.5, 0.6) is 5.75 Å². The third-order valence-electron chi connectivity index (χ3n) is 4.19. The number of ether oxygens (including phenoxy) is 1. The molecule has 0 unspecified atom stereocenters. The average Bonchev–Trinajstić information content (AvgIpc) is 2.76. The zero-order chi connectivity index (χ0) is 23.3. The van der Waals surface area contributed by atoms with Crippen LogP contribution in [0.15, 0.2) is 64.6 Å². The topological polar surface area (TPSA) is 62.1 Å². The zero-order valence-electron chi connectivity index (χ0n) is 16.1. The molecule has 162 valence electrons. The molecule has 3 aromatic rings. The Morgan fingerprint density at radius 3 is 2.53 bits per heavy atom. The fraction of sp³-hybridized carbons (Fsp3) is 0.0435. The summed E-state index contributed by atoms with van der Waals surface area (Å²) >= 11 is 23.6. The van der Waals surface area contributed by atoms with Crippen LogP contribution in [0.4, 0.5) is 5.69 Å². The summed E-state index contributed by atoms with van der Waals surface area (Å²) < 4.78 is 7.45. The molecule has 0 saturated carbocycles. The lowest BCUT2D eigenvalue weighted by Gasteiger charge is -2.12. The molecule has 0 aromatic heterocycles. The maximum Gasteiger partial charge on any atom is 0.266 e. The van der Waals surface area contributed by atoms with E-state index in [1.54, 1.807) is 36.4 Å². The first kappa shape index (κ1) is 24.9. The van der Waals surface area contributed by atoms with Gasteiger partial charge in [-0.15, -0.1) is 0 Å². The quantitative estimate of drug-likeness (QED) is 0.165. The lowest BCUT2D eigenvalue weighted by Crippen LogP contribution is -2.13. The average molecular weight is 663 g/mol. The molecule has 0 spiro atoms. The molecule has 0 aliphatic heterocycles. The maximum atomic E-state index is 12.6. The highest BCUT2D eigenvalue weighted by Gasteiger charge is 2.14. The monoisotopic (exact) mass is 660 g/mol. The number of nitriles is 1. The number of hydrogen-bond acceptors (Lipinski definition) is 3. The highest BCUT2D eigenvalue weighted by Crippen LogP contribution is 2.34. The van der Waals surface area contributed by atoms with Crippen molar-refractivity contribution in [1.82, 2.24) is 0 Å². The number of carbonyl (C=O) groups excluding carboxylic acids is 1. The smallest absolute Gasteiger partial charge is 0.266 e. The second-order valence-corrected chi connectivity index (χ2v) is 9.69. The van der Waals surface area contributed by atoms with Crippen LogP contribution in [0.1, 0.15) is 11.1 Å². The van der Waals surface area contributed by atoms with E-state index >= 15 is 0 Å². The van der Waals surface area contributed by atoms with Crippen molar-refractivity contribution >= 4 is 91.0 Å². The summed E-state index contributed by atoms with van der Waals surface area (Å²) in [5.41, 5.74) is 1.87. The molecule has 3 aromatic carbocycles. The van der Waals surface area contributed by atoms with Crippen molar-refractivity contribution in [2.24, 2.45) is 0 Å². The maximum absolute atomic E-state index is 12.6. The van der Waals surface area contributed by atoms with Gasteiger partial charge in [-0.2, -0.15) is 5.26 Å². The first-order valence-corrected chi connectivity index (χ1v) is 12.0. The lowest BCUT2D eigenvalue weighted by atomic mass is 10.1. The van der Waals surface area contributed by atoms with Gasteiger partial charge in [0.15, 0.2) is 0 Å². The summed E-state index contributed by atoms with van der Waals surface area (Å²) in [7, 11) is 0. The van der Waals surface area contributed by atoms with Crippen LogP contribution in [0.3, 0.4) is 0 Å². The minimum absolute atomic E-state index is 0.0847. The minimum atomic E-state index is -0.592. The fourth-order valence-electron chi connectivity index (χ4n) is 2.64. The van der Waals surface area contributed by atoms with Crippen LogP contribution in [-0.2, 0) is 11.4 Å². The first-order valence-electron chi connectivity index (χ1n) is 9.02. The van der Waals surface area contributed by atoms with E-state index in [1.807, 2.05) is 24.3 Å². The van der Waals surface area contributed by atoms with Gasteiger partial charge in [-0.1, -0.05) is 53.0 Å². The highest BCUT2D eigenvalue weighted by molar-refractivity contribution is 14.1. The fourth-order valence-corrected chi connectivity index (χ4v) is 4.88. The molecule has 0 saturated heterocycles. The number of carbonyl (C=O) groups is 1. The van der Waals surface area contributed by atoms with Gasteiger partial charge in [-0.05, 0) is 92.1 Å². The van der Waals surface area contributed by atoms with E-state index < -0.39 is 5.91 Å². The molecule has 0 heterocycles. The van der Waals surface area contributed by atoms with E-state index in [0.717, 1.165) is 9.13 Å². The molecule has 0 bridgehead atoms. The molecular formula is C23H13BrCl3IN2O2. The molecule has 3 rings (SSSR count). The van der Waals surface area contributed by atoms with Gasteiger partial charge in [0.05, 0.1) is 23.8 Å². The predicted octanol–water partition coefficient (Wildman–Crippen LogP) is 8.14. The van der Waals surface area contributed by atoms with E-state index in [4.69, 9.17) is 39.5 Å². The van der Waals surface area contributed by atoms with Crippen LogP contribution in [0.25, 0.3) is 6.08 Å². The van der Waals surface area contributed by atoms with Crippen LogP contribution in [0, 0.1) is 14.9 Å². The van der Waals surface area contributed by atoms with Gasteiger partial charge in [0.2, 0.25) is 0 Å². The molecule has 0 aliphatic carbocycles. The number of halogens is 5. The van der Waals surface area contributed by atoms with Gasteiger partial charge in [0.1, 0.15) is 24.0 Å². The van der Waals surface area contributed by atoms with Crippen molar-refractivity contribution in [3.05, 3.63) is 94.4 Å². The molecule has 0 radical (unpaired) electrons. The van der Waals surface area contributed by atoms with E-state index in [0.29, 0.717) is 38.1 Å². The molecule has 4 nitrogen and oxygen atoms in total. The second kappa shape index (κ2) is 11.4. The second-order valence-electron chi connectivity index (χ2n) is 6.45. The van der Waals surface area contributed by atoms with Crippen molar-refractivity contribution in [3.8, 4) is 11.8 Å². The SMILES string of the molecule is N#C/C(=C/c1cc(Br)c(OCc2ccc(Cl)cc2)c(I)c1)C(=O)Nc1cccc(Cl)c1Cl. The number of hydrogen-bond donors (Lipinski definition) is 1. The Bertz CT molecular complexity index is 1220. The van der Waals surface area contributed by atoms with Crippen LogP contribution in [-0.4, -0.2) is 5.91 Å². The van der Waals surface area contributed by atoms with E-state index in [2.05, 4.69) is 43.8 Å². The van der Waals surface area contributed by atoms with Gasteiger partial charge in [-0.3, -0.25) is 4.79 Å². The molecule has 32 heavy (non-hydrogen) atoms. The van der Waals surface area contributed by atoms with Gasteiger partial charge in [0, 0.05) is 5.02 Å². The summed E-state index contributed by atoms with van der Waals surface area (Å²) in [4.78, 5) is 12.6. The van der Waals surface area contributed by atoms with Gasteiger partial charge in [0.25, 0.3) is 5.91 Å². The predicted molar refractivity (Wildman–Crippen MR) is 141 cm³/mol. The van der Waals surface area contributed by atoms with Gasteiger partial charge in [-0.25, -0.2) is 0 Å². The highest BCUT2D eigenvalue weighted by atomic mass is 127. The summed E-state index contributed by atoms with van der Waals surface area (Å²) in [6.45, 7) is 0.368. The van der Waals surface area contributed by atoms with Crippen LogP contribution >= 0.6 is 73.3 Å². The minimum Gasteiger partial charge on any atom is -0.487 e. The molecule has 0 atom stereocenters. The number of nitrogens with one attached hydrogen (secondary N) is 1. The van der Waals surface area contributed by atoms with Gasteiger partial charge >= 0.3 is 0 Å². The van der Waals surface area contributed by atoms with Crippen molar-refractivity contribution in [2.75, 3.05) is 5.32 Å². The Kier molecular flexibility index (Phi) is 8.86. The largest absolute Gasteiger partial charge is 0.487 e. The van der Waals surface area contributed by atoms with Crippen molar-refractivity contribution < 1.29 is 9.53 Å². The summed E-state index contributed by atoms with van der Waals surface area (Å²) in [5, 5.41) is 13.3. The van der Waals surface area contributed by atoms with E-state index in [1.165, 1.54) is 6.08 Å². The molecule has 0 fully saturated rings. The third-order valence-corrected chi connectivity index (χ3v) is 6.65. The standard InChI is InChI=1S/C23H13BrCl3IN2O2/c24-17-9-14(10-19(28)22(17)32-12-13-4-6-16(25)7-5-13)8-15(11-29)23(31)30-20-3-1-2-18(26)21(20)27/h1-10H,12H2,(H,30,31)/b15-8-. The zero-order valence-corrected chi connectivity index (χ0v) is 22.1. The number of benzene rings is 3. The van der Waals surface area contributed by atoms with E-state index in [-0.39, 0.29) is 10.6 Å². The molecule has 1 amide bonds. The summed E-state index contributed by atoms with van der Waals surface area (Å²) in [6, 6.07) is 17.8. The lowest BCUT2D eigenvalue weighted by molar-refractivity contribution is -0.112. The Labute approximate surface area is 222 Å². The molecule has 0 aliphatic rings. The van der Waals surface area contributed by atoms with Crippen LogP contribution < -0.4 is 10.1 Å². The number of rotatable bonds is 6. The Morgan fingerprint density at radius 1 is 1.16 bits per heavy atom. The van der Waals surface area contributed by atoms with Crippen LogP contribution in [0.2, 0.25) is 15.1 Å². The number of anilines is 1. The molecular weight excluding hydrogens is 649 g/mol. The molecule has 1 N–H and O–H groups in total.